The lowest BCUT2D eigenvalue weighted by Crippen LogP contribution is -2.39. The molecule has 1 saturated heterocycles. The summed E-state index contributed by atoms with van der Waals surface area (Å²) in [6.07, 6.45) is 3.84. The van der Waals surface area contributed by atoms with E-state index < -0.39 is 0 Å². The van der Waals surface area contributed by atoms with Crippen molar-refractivity contribution in [2.75, 3.05) is 13.2 Å². The van der Waals surface area contributed by atoms with Gasteiger partial charge in [-0.05, 0) is 54.7 Å². The summed E-state index contributed by atoms with van der Waals surface area (Å²) >= 11 is 5.99. The van der Waals surface area contributed by atoms with Crippen LogP contribution in [0.25, 0.3) is 0 Å². The van der Waals surface area contributed by atoms with E-state index in [2.05, 4.69) is 18.3 Å². The summed E-state index contributed by atoms with van der Waals surface area (Å²) in [5, 5.41) is 3.87. The van der Waals surface area contributed by atoms with Crippen LogP contribution < -0.4 is 10.1 Å². The first kappa shape index (κ1) is 19.3. The van der Waals surface area contributed by atoms with E-state index >= 15 is 0 Å². The van der Waals surface area contributed by atoms with Gasteiger partial charge in [0.1, 0.15) is 11.4 Å². The second-order valence-corrected chi connectivity index (χ2v) is 8.54. The minimum Gasteiger partial charge on any atom is -0.487 e. The monoisotopic (exact) mass is 399 g/mol. The van der Waals surface area contributed by atoms with Gasteiger partial charge in [-0.15, -0.1) is 0 Å². The molecule has 28 heavy (non-hydrogen) atoms. The Bertz CT molecular complexity index is 845. The molecule has 148 valence electrons. The molecular formula is C23H26ClNO3. The molecule has 4 rings (SSSR count). The van der Waals surface area contributed by atoms with Crippen LogP contribution in [0.15, 0.2) is 42.5 Å². The lowest BCUT2D eigenvalue weighted by Gasteiger charge is -2.24. The van der Waals surface area contributed by atoms with Gasteiger partial charge < -0.3 is 14.8 Å². The van der Waals surface area contributed by atoms with Crippen LogP contribution in [-0.4, -0.2) is 30.8 Å². The summed E-state index contributed by atoms with van der Waals surface area (Å²) in [4.78, 5) is 12.4. The van der Waals surface area contributed by atoms with E-state index in [-0.39, 0.29) is 17.6 Å². The maximum Gasteiger partial charge on any atom is 0.224 e. The van der Waals surface area contributed by atoms with Gasteiger partial charge >= 0.3 is 0 Å². The maximum absolute atomic E-state index is 12.4. The first-order valence-electron chi connectivity index (χ1n) is 9.91. The van der Waals surface area contributed by atoms with Gasteiger partial charge in [0.05, 0.1) is 6.42 Å². The summed E-state index contributed by atoms with van der Waals surface area (Å²) in [5.74, 6) is 1.000. The summed E-state index contributed by atoms with van der Waals surface area (Å²) in [7, 11) is 0. The SMILES string of the molecule is CC1(Cc2ccc(Cl)cc2)Cc2cc(CC(=O)NC3CCOCC3)ccc2O1. The third-order valence-corrected chi connectivity index (χ3v) is 5.74. The number of halogens is 1. The number of amides is 1. The van der Waals surface area contributed by atoms with Crippen molar-refractivity contribution in [2.24, 2.45) is 0 Å². The number of fused-ring (bicyclic) bond motifs is 1. The fourth-order valence-electron chi connectivity index (χ4n) is 4.12. The lowest BCUT2D eigenvalue weighted by molar-refractivity contribution is -0.121. The molecule has 4 nitrogen and oxygen atoms in total. The van der Waals surface area contributed by atoms with E-state index in [1.807, 2.05) is 36.4 Å². The van der Waals surface area contributed by atoms with Crippen molar-refractivity contribution < 1.29 is 14.3 Å². The number of hydrogen-bond donors (Lipinski definition) is 1. The normalized spacial score (nSPS) is 21.8. The Hall–Kier alpha value is -2.04. The molecule has 1 amide bonds. The highest BCUT2D eigenvalue weighted by Crippen LogP contribution is 2.37. The van der Waals surface area contributed by atoms with E-state index in [0.717, 1.165) is 55.2 Å². The van der Waals surface area contributed by atoms with E-state index in [9.17, 15) is 4.79 Å². The molecule has 1 fully saturated rings. The van der Waals surface area contributed by atoms with Gasteiger partial charge in [-0.2, -0.15) is 0 Å². The average molecular weight is 400 g/mol. The minimum absolute atomic E-state index is 0.0784. The van der Waals surface area contributed by atoms with Crippen molar-refractivity contribution in [3.63, 3.8) is 0 Å². The van der Waals surface area contributed by atoms with Gasteiger partial charge in [-0.25, -0.2) is 0 Å². The summed E-state index contributed by atoms with van der Waals surface area (Å²) in [6.45, 7) is 3.60. The van der Waals surface area contributed by atoms with Crippen molar-refractivity contribution in [1.82, 2.24) is 5.32 Å². The zero-order chi connectivity index (χ0) is 19.6. The molecule has 0 radical (unpaired) electrons. The fraction of sp³-hybridized carbons (Fsp3) is 0.435. The van der Waals surface area contributed by atoms with E-state index in [0.29, 0.717) is 6.42 Å². The molecule has 2 aliphatic rings. The molecule has 0 aromatic heterocycles. The molecule has 1 unspecified atom stereocenters. The Balaban J connectivity index is 1.38. The van der Waals surface area contributed by atoms with Crippen molar-refractivity contribution >= 4 is 17.5 Å². The molecule has 2 aromatic carbocycles. The highest BCUT2D eigenvalue weighted by molar-refractivity contribution is 6.30. The smallest absolute Gasteiger partial charge is 0.224 e. The molecule has 2 heterocycles. The van der Waals surface area contributed by atoms with Gasteiger partial charge in [0.25, 0.3) is 0 Å². The lowest BCUT2D eigenvalue weighted by atomic mass is 9.91. The van der Waals surface area contributed by atoms with Crippen LogP contribution in [-0.2, 0) is 28.8 Å². The third kappa shape index (κ3) is 4.68. The Kier molecular flexibility index (Phi) is 5.61. The zero-order valence-corrected chi connectivity index (χ0v) is 16.9. The Morgan fingerprint density at radius 2 is 1.86 bits per heavy atom. The van der Waals surface area contributed by atoms with Crippen LogP contribution in [0.5, 0.6) is 5.75 Å². The molecule has 1 atom stereocenters. The summed E-state index contributed by atoms with van der Waals surface area (Å²) in [5.41, 5.74) is 3.13. The summed E-state index contributed by atoms with van der Waals surface area (Å²) in [6, 6.07) is 14.3. The van der Waals surface area contributed by atoms with Crippen LogP contribution >= 0.6 is 11.6 Å². The standard InChI is InChI=1S/C23H26ClNO3/c1-23(14-16-2-5-19(24)6-3-16)15-18-12-17(4-7-21(18)28-23)13-22(26)25-20-8-10-27-11-9-20/h2-7,12,20H,8-11,13-15H2,1H3,(H,25,26). The number of benzene rings is 2. The Morgan fingerprint density at radius 3 is 2.61 bits per heavy atom. The predicted molar refractivity (Wildman–Crippen MR) is 110 cm³/mol. The quantitative estimate of drug-likeness (QED) is 0.822. The third-order valence-electron chi connectivity index (χ3n) is 5.49. The number of ether oxygens (including phenoxy) is 2. The highest BCUT2D eigenvalue weighted by Gasteiger charge is 2.35. The number of rotatable bonds is 5. The van der Waals surface area contributed by atoms with Crippen LogP contribution in [0, 0.1) is 0 Å². The average Bonchev–Trinajstić information content (AvgIpc) is 2.99. The molecule has 2 aromatic rings. The molecule has 0 saturated carbocycles. The molecular weight excluding hydrogens is 374 g/mol. The van der Waals surface area contributed by atoms with E-state index in [1.165, 1.54) is 11.1 Å². The summed E-state index contributed by atoms with van der Waals surface area (Å²) < 4.78 is 11.6. The highest BCUT2D eigenvalue weighted by atomic mass is 35.5. The second-order valence-electron chi connectivity index (χ2n) is 8.10. The molecule has 0 aliphatic carbocycles. The first-order chi connectivity index (χ1) is 13.5. The molecule has 2 aliphatic heterocycles. The molecule has 1 N–H and O–H groups in total. The van der Waals surface area contributed by atoms with Crippen molar-refractivity contribution in [1.29, 1.82) is 0 Å². The first-order valence-corrected chi connectivity index (χ1v) is 10.3. The van der Waals surface area contributed by atoms with Crippen LogP contribution in [0.3, 0.4) is 0 Å². The minimum atomic E-state index is -0.279. The van der Waals surface area contributed by atoms with Crippen LogP contribution in [0.1, 0.15) is 36.5 Å². The number of carbonyl (C=O) groups excluding carboxylic acids is 1. The van der Waals surface area contributed by atoms with E-state index in [1.54, 1.807) is 0 Å². The molecule has 0 spiro atoms. The zero-order valence-electron chi connectivity index (χ0n) is 16.2. The van der Waals surface area contributed by atoms with Gasteiger partial charge in [0.15, 0.2) is 0 Å². The number of nitrogens with one attached hydrogen (secondary N) is 1. The predicted octanol–water partition coefficient (Wildman–Crippen LogP) is 4.11. The van der Waals surface area contributed by atoms with Crippen molar-refractivity contribution in [3.05, 3.63) is 64.2 Å². The maximum atomic E-state index is 12.4. The topological polar surface area (TPSA) is 47.6 Å². The number of carbonyl (C=O) groups is 1. The second kappa shape index (κ2) is 8.14. The van der Waals surface area contributed by atoms with Gasteiger partial charge in [-0.3, -0.25) is 4.79 Å². The van der Waals surface area contributed by atoms with Crippen molar-refractivity contribution in [2.45, 2.75) is 50.7 Å². The molecule has 5 heteroatoms. The van der Waals surface area contributed by atoms with Crippen molar-refractivity contribution in [3.8, 4) is 5.75 Å². The van der Waals surface area contributed by atoms with Gasteiger partial charge in [0, 0.05) is 37.1 Å². The number of hydrogen-bond acceptors (Lipinski definition) is 3. The fourth-order valence-corrected chi connectivity index (χ4v) is 4.25. The van der Waals surface area contributed by atoms with Gasteiger partial charge in [-0.1, -0.05) is 35.9 Å². The van der Waals surface area contributed by atoms with Crippen LogP contribution in [0.4, 0.5) is 0 Å². The Morgan fingerprint density at radius 1 is 1.14 bits per heavy atom. The largest absolute Gasteiger partial charge is 0.487 e. The van der Waals surface area contributed by atoms with Crippen LogP contribution in [0.2, 0.25) is 5.02 Å². The Labute approximate surface area is 171 Å². The molecule has 0 bridgehead atoms. The van der Waals surface area contributed by atoms with Gasteiger partial charge in [0.2, 0.25) is 5.91 Å². The van der Waals surface area contributed by atoms with E-state index in [4.69, 9.17) is 21.1 Å².